The van der Waals surface area contributed by atoms with Gasteiger partial charge in [-0.1, -0.05) is 82.2 Å². The van der Waals surface area contributed by atoms with Crippen LogP contribution in [0.25, 0.3) is 0 Å². The minimum absolute atomic E-state index is 0.323. The van der Waals surface area contributed by atoms with Crippen LogP contribution in [0, 0.1) is 0 Å². The average Bonchev–Trinajstić information content (AvgIpc) is 3.52. The summed E-state index contributed by atoms with van der Waals surface area (Å²) in [6.45, 7) is 3.83. The Hall–Kier alpha value is -1.28. The van der Waals surface area contributed by atoms with E-state index >= 15 is 0 Å². The summed E-state index contributed by atoms with van der Waals surface area (Å²) in [4.78, 5) is 0. The summed E-state index contributed by atoms with van der Waals surface area (Å²) in [5.41, 5.74) is 1.33. The summed E-state index contributed by atoms with van der Waals surface area (Å²) in [6, 6.07) is 8.45. The molecule has 1 atom stereocenters. The quantitative estimate of drug-likeness (QED) is 0.163. The van der Waals surface area contributed by atoms with Gasteiger partial charge in [-0.2, -0.15) is 0 Å². The van der Waals surface area contributed by atoms with Gasteiger partial charge in [-0.05, 0) is 50.2 Å². The first-order valence-corrected chi connectivity index (χ1v) is 11.4. The van der Waals surface area contributed by atoms with Gasteiger partial charge in [-0.3, -0.25) is 0 Å². The molecule has 2 rings (SSSR count). The lowest BCUT2D eigenvalue weighted by Crippen LogP contribution is -2.05. The van der Waals surface area contributed by atoms with Crippen LogP contribution in [0.5, 0.6) is 5.75 Å². The number of epoxide rings is 1. The van der Waals surface area contributed by atoms with Crippen molar-refractivity contribution in [1.29, 1.82) is 0 Å². The number of hydrogen-bond donors (Lipinski definition) is 0. The van der Waals surface area contributed by atoms with Gasteiger partial charge in [0, 0.05) is 0 Å². The Kier molecular flexibility index (Phi) is 12.0. The summed E-state index contributed by atoms with van der Waals surface area (Å²) >= 11 is 0. The van der Waals surface area contributed by atoms with Gasteiger partial charge in [-0.15, -0.1) is 0 Å². The van der Waals surface area contributed by atoms with Crippen LogP contribution in [0.3, 0.4) is 0 Å². The van der Waals surface area contributed by atoms with E-state index in [1.807, 2.05) is 0 Å². The molecule has 0 N–H and O–H groups in total. The molecule has 1 saturated heterocycles. The second-order valence-electron chi connectivity index (χ2n) is 7.85. The van der Waals surface area contributed by atoms with E-state index in [1.165, 1.54) is 82.6 Å². The summed E-state index contributed by atoms with van der Waals surface area (Å²) < 4.78 is 11.1. The smallest absolute Gasteiger partial charge is 0.122 e. The molecule has 0 spiro atoms. The van der Waals surface area contributed by atoms with Gasteiger partial charge in [0.2, 0.25) is 0 Å². The molecule has 1 unspecified atom stereocenters. The second kappa shape index (κ2) is 14.7. The molecular formula is C25H40O2. The third kappa shape index (κ3) is 11.2. The van der Waals surface area contributed by atoms with E-state index < -0.39 is 0 Å². The zero-order valence-electron chi connectivity index (χ0n) is 17.5. The van der Waals surface area contributed by atoms with Crippen molar-refractivity contribution in [2.24, 2.45) is 0 Å². The van der Waals surface area contributed by atoms with E-state index in [1.54, 1.807) is 0 Å². The lowest BCUT2D eigenvalue weighted by atomic mass is 10.1. The number of rotatable bonds is 17. The highest BCUT2D eigenvalue weighted by molar-refractivity contribution is 5.33. The Labute approximate surface area is 167 Å². The number of hydrogen-bond acceptors (Lipinski definition) is 2. The van der Waals surface area contributed by atoms with Gasteiger partial charge in [0.15, 0.2) is 0 Å². The van der Waals surface area contributed by atoms with Gasteiger partial charge in [0.25, 0.3) is 0 Å². The van der Waals surface area contributed by atoms with Gasteiger partial charge < -0.3 is 9.47 Å². The summed E-state index contributed by atoms with van der Waals surface area (Å²) in [7, 11) is 0. The first kappa shape index (κ1) is 22.0. The standard InChI is InChI=1S/C25H40O2/c1-2-3-4-5-6-7-8-9-10-11-12-13-14-15-18-23-19-16-17-20-25(23)27-22-24-21-26-24/h11-12,16-17,19-20,24H,2-10,13-15,18,21-22H2,1H3/b12-11+. The van der Waals surface area contributed by atoms with Crippen LogP contribution in [-0.2, 0) is 11.2 Å². The number of aryl methyl sites for hydroxylation is 1. The van der Waals surface area contributed by atoms with E-state index in [2.05, 4.69) is 43.3 Å². The second-order valence-corrected chi connectivity index (χ2v) is 7.85. The highest BCUT2D eigenvalue weighted by Crippen LogP contribution is 2.22. The lowest BCUT2D eigenvalue weighted by molar-refractivity contribution is 0.261. The highest BCUT2D eigenvalue weighted by Gasteiger charge is 2.23. The SMILES string of the molecule is CCCCCCCCCC/C=C/CCCCc1ccccc1OCC1CO1. The van der Waals surface area contributed by atoms with Crippen LogP contribution in [0.15, 0.2) is 36.4 Å². The van der Waals surface area contributed by atoms with Crippen molar-refractivity contribution in [3.63, 3.8) is 0 Å². The molecule has 0 saturated carbocycles. The molecule has 27 heavy (non-hydrogen) atoms. The van der Waals surface area contributed by atoms with Crippen LogP contribution in [-0.4, -0.2) is 19.3 Å². The topological polar surface area (TPSA) is 21.8 Å². The van der Waals surface area contributed by atoms with Crippen molar-refractivity contribution in [1.82, 2.24) is 0 Å². The molecule has 0 aromatic heterocycles. The molecule has 1 aromatic carbocycles. The van der Waals surface area contributed by atoms with Crippen LogP contribution in [0.1, 0.15) is 89.5 Å². The maximum Gasteiger partial charge on any atom is 0.122 e. The Morgan fingerprint density at radius 3 is 2.22 bits per heavy atom. The average molecular weight is 373 g/mol. The molecule has 2 nitrogen and oxygen atoms in total. The van der Waals surface area contributed by atoms with Crippen LogP contribution in [0.2, 0.25) is 0 Å². The highest BCUT2D eigenvalue weighted by atomic mass is 16.6. The first-order chi connectivity index (χ1) is 13.4. The molecule has 1 fully saturated rings. The van der Waals surface area contributed by atoms with Gasteiger partial charge in [-0.25, -0.2) is 0 Å². The van der Waals surface area contributed by atoms with E-state index in [9.17, 15) is 0 Å². The normalized spacial score (nSPS) is 16.1. The number of benzene rings is 1. The zero-order chi connectivity index (χ0) is 19.0. The van der Waals surface area contributed by atoms with Crippen molar-refractivity contribution in [2.45, 2.75) is 96.5 Å². The summed E-state index contributed by atoms with van der Waals surface area (Å²) in [5.74, 6) is 1.04. The van der Waals surface area contributed by atoms with Gasteiger partial charge in [0.1, 0.15) is 18.5 Å². The first-order valence-electron chi connectivity index (χ1n) is 11.4. The predicted octanol–water partition coefficient (Wildman–Crippen LogP) is 7.26. The largest absolute Gasteiger partial charge is 0.491 e. The lowest BCUT2D eigenvalue weighted by Gasteiger charge is -2.10. The van der Waals surface area contributed by atoms with Gasteiger partial charge >= 0.3 is 0 Å². The fourth-order valence-corrected chi connectivity index (χ4v) is 3.41. The maximum absolute atomic E-state index is 5.89. The summed E-state index contributed by atoms with van der Waals surface area (Å²) in [6.07, 6.45) is 22.4. The third-order valence-electron chi connectivity index (χ3n) is 5.26. The fraction of sp³-hybridized carbons (Fsp3) is 0.680. The van der Waals surface area contributed by atoms with Crippen molar-refractivity contribution in [3.05, 3.63) is 42.0 Å². The molecule has 0 aliphatic carbocycles. The Morgan fingerprint density at radius 1 is 0.889 bits per heavy atom. The van der Waals surface area contributed by atoms with Crippen molar-refractivity contribution in [2.75, 3.05) is 13.2 Å². The van der Waals surface area contributed by atoms with Crippen molar-refractivity contribution < 1.29 is 9.47 Å². The van der Waals surface area contributed by atoms with Crippen LogP contribution < -0.4 is 4.74 Å². The van der Waals surface area contributed by atoms with Crippen molar-refractivity contribution in [3.8, 4) is 5.75 Å². The Bertz CT molecular complexity index is 505. The molecule has 1 aliphatic rings. The third-order valence-corrected chi connectivity index (χ3v) is 5.26. The maximum atomic E-state index is 5.89. The molecule has 152 valence electrons. The molecule has 1 heterocycles. The summed E-state index contributed by atoms with van der Waals surface area (Å²) in [5, 5.41) is 0. The predicted molar refractivity (Wildman–Crippen MR) is 116 cm³/mol. The molecule has 1 aliphatic heterocycles. The van der Waals surface area contributed by atoms with Gasteiger partial charge in [0.05, 0.1) is 6.61 Å². The zero-order valence-corrected chi connectivity index (χ0v) is 17.5. The molecule has 0 amide bonds. The van der Waals surface area contributed by atoms with Crippen molar-refractivity contribution >= 4 is 0 Å². The van der Waals surface area contributed by atoms with E-state index in [-0.39, 0.29) is 0 Å². The minimum atomic E-state index is 0.323. The fourth-order valence-electron chi connectivity index (χ4n) is 3.41. The number of unbranched alkanes of at least 4 members (excludes halogenated alkanes) is 10. The Morgan fingerprint density at radius 2 is 1.52 bits per heavy atom. The molecule has 0 bridgehead atoms. The van der Waals surface area contributed by atoms with E-state index in [0.717, 1.165) is 18.8 Å². The molecule has 2 heteroatoms. The molecule has 1 aromatic rings. The minimum Gasteiger partial charge on any atom is -0.491 e. The molecule has 0 radical (unpaired) electrons. The number of para-hydroxylation sites is 1. The Balaban J connectivity index is 1.43. The molecular weight excluding hydrogens is 332 g/mol. The van der Waals surface area contributed by atoms with E-state index in [4.69, 9.17) is 9.47 Å². The monoisotopic (exact) mass is 372 g/mol. The number of allylic oxidation sites excluding steroid dienone is 2. The van der Waals surface area contributed by atoms with Crippen LogP contribution in [0.4, 0.5) is 0 Å². The van der Waals surface area contributed by atoms with E-state index in [0.29, 0.717) is 12.7 Å². The van der Waals surface area contributed by atoms with Crippen LogP contribution >= 0.6 is 0 Å². The number of ether oxygens (including phenoxy) is 2.